The summed E-state index contributed by atoms with van der Waals surface area (Å²) in [7, 11) is 1.65. The van der Waals surface area contributed by atoms with Gasteiger partial charge in [0.05, 0.1) is 11.6 Å². The summed E-state index contributed by atoms with van der Waals surface area (Å²) < 4.78 is 16.4. The van der Waals surface area contributed by atoms with E-state index in [1.807, 2.05) is 31.2 Å². The summed E-state index contributed by atoms with van der Waals surface area (Å²) in [6.07, 6.45) is -0.00696. The van der Waals surface area contributed by atoms with Crippen LogP contribution in [0.15, 0.2) is 42.5 Å². The van der Waals surface area contributed by atoms with Crippen molar-refractivity contribution in [2.75, 3.05) is 13.7 Å². The Morgan fingerprint density at radius 2 is 1.67 bits per heavy atom. The highest BCUT2D eigenvalue weighted by molar-refractivity contribution is 6.35. The maximum Gasteiger partial charge on any atom is 0.146 e. The van der Waals surface area contributed by atoms with Gasteiger partial charge in [0.15, 0.2) is 0 Å². The van der Waals surface area contributed by atoms with Gasteiger partial charge in [-0.3, -0.25) is 0 Å². The number of halogens is 2. The minimum atomic E-state index is -0.00696. The largest absolute Gasteiger partial charge is 0.488 e. The van der Waals surface area contributed by atoms with Gasteiger partial charge in [0, 0.05) is 12.1 Å². The number of ether oxygens (including phenoxy) is 3. The number of benzene rings is 2. The molecule has 2 rings (SSSR count). The normalized spacial score (nSPS) is 12.0. The first-order valence-electron chi connectivity index (χ1n) is 6.47. The molecule has 0 aromatic heterocycles. The van der Waals surface area contributed by atoms with Crippen LogP contribution in [-0.2, 0) is 4.74 Å². The lowest BCUT2D eigenvalue weighted by atomic mass is 10.3. The van der Waals surface area contributed by atoms with Crippen LogP contribution >= 0.6 is 23.2 Å². The average molecular weight is 327 g/mol. The van der Waals surface area contributed by atoms with Gasteiger partial charge < -0.3 is 14.2 Å². The van der Waals surface area contributed by atoms with E-state index >= 15 is 0 Å². The summed E-state index contributed by atoms with van der Waals surface area (Å²) in [5.74, 6) is 1.99. The van der Waals surface area contributed by atoms with Crippen LogP contribution in [0.1, 0.15) is 6.92 Å². The third kappa shape index (κ3) is 4.81. The highest BCUT2D eigenvalue weighted by atomic mass is 35.5. The van der Waals surface area contributed by atoms with Gasteiger partial charge in [0.25, 0.3) is 0 Å². The Morgan fingerprint density at radius 3 is 2.29 bits per heavy atom. The third-order valence-corrected chi connectivity index (χ3v) is 3.21. The SMILES string of the molecule is COCC(C)Oc1ccc(Oc2ccc(Cl)cc2Cl)cc1. The van der Waals surface area contributed by atoms with Crippen molar-refractivity contribution >= 4 is 23.2 Å². The average Bonchev–Trinajstić information content (AvgIpc) is 2.44. The van der Waals surface area contributed by atoms with E-state index in [9.17, 15) is 0 Å². The van der Waals surface area contributed by atoms with Gasteiger partial charge in [-0.25, -0.2) is 0 Å². The van der Waals surface area contributed by atoms with Crippen molar-refractivity contribution in [1.82, 2.24) is 0 Å². The summed E-state index contributed by atoms with van der Waals surface area (Å²) in [6, 6.07) is 12.4. The van der Waals surface area contributed by atoms with Crippen LogP contribution in [0.5, 0.6) is 17.2 Å². The summed E-state index contributed by atoms with van der Waals surface area (Å²) in [4.78, 5) is 0. The molecular formula is C16H16Cl2O3. The molecule has 0 heterocycles. The molecule has 1 unspecified atom stereocenters. The Kier molecular flexibility index (Phi) is 5.74. The van der Waals surface area contributed by atoms with E-state index in [0.29, 0.717) is 28.2 Å². The molecular weight excluding hydrogens is 311 g/mol. The molecule has 21 heavy (non-hydrogen) atoms. The topological polar surface area (TPSA) is 27.7 Å². The third-order valence-electron chi connectivity index (χ3n) is 2.68. The van der Waals surface area contributed by atoms with Gasteiger partial charge in [0.2, 0.25) is 0 Å². The van der Waals surface area contributed by atoms with Gasteiger partial charge >= 0.3 is 0 Å². The van der Waals surface area contributed by atoms with Crippen LogP contribution in [0.3, 0.4) is 0 Å². The standard InChI is InChI=1S/C16H16Cl2O3/c1-11(10-19-2)20-13-4-6-14(7-5-13)21-16-8-3-12(17)9-15(16)18/h3-9,11H,10H2,1-2H3. The van der Waals surface area contributed by atoms with Crippen LogP contribution in [0, 0.1) is 0 Å². The van der Waals surface area contributed by atoms with E-state index in [1.165, 1.54) is 0 Å². The maximum atomic E-state index is 6.07. The second-order valence-electron chi connectivity index (χ2n) is 4.53. The minimum absolute atomic E-state index is 0.00696. The van der Waals surface area contributed by atoms with Gasteiger partial charge in [-0.2, -0.15) is 0 Å². The molecule has 0 radical (unpaired) electrons. The first-order valence-corrected chi connectivity index (χ1v) is 7.22. The van der Waals surface area contributed by atoms with E-state index in [0.717, 1.165) is 5.75 Å². The zero-order chi connectivity index (χ0) is 15.2. The first-order chi connectivity index (χ1) is 10.1. The maximum absolute atomic E-state index is 6.07. The van der Waals surface area contributed by atoms with Gasteiger partial charge in [0.1, 0.15) is 23.4 Å². The zero-order valence-electron chi connectivity index (χ0n) is 11.8. The van der Waals surface area contributed by atoms with Crippen LogP contribution < -0.4 is 9.47 Å². The van der Waals surface area contributed by atoms with Crippen molar-refractivity contribution in [1.29, 1.82) is 0 Å². The summed E-state index contributed by atoms with van der Waals surface area (Å²) in [5.41, 5.74) is 0. The Labute approximate surface area is 134 Å². The van der Waals surface area contributed by atoms with Gasteiger partial charge in [-0.15, -0.1) is 0 Å². The molecule has 0 aliphatic heterocycles. The van der Waals surface area contributed by atoms with E-state index in [-0.39, 0.29) is 6.10 Å². The van der Waals surface area contributed by atoms with Crippen molar-refractivity contribution in [2.24, 2.45) is 0 Å². The van der Waals surface area contributed by atoms with Crippen LogP contribution in [0.4, 0.5) is 0 Å². The Bertz CT molecular complexity index is 585. The van der Waals surface area contributed by atoms with Crippen molar-refractivity contribution < 1.29 is 14.2 Å². The fraction of sp³-hybridized carbons (Fsp3) is 0.250. The molecule has 3 nitrogen and oxygen atoms in total. The summed E-state index contributed by atoms with van der Waals surface area (Å²) >= 11 is 11.9. The first kappa shape index (κ1) is 16.0. The molecule has 0 spiro atoms. The van der Waals surface area contributed by atoms with Crippen molar-refractivity contribution in [3.8, 4) is 17.2 Å². The number of rotatable bonds is 6. The summed E-state index contributed by atoms with van der Waals surface area (Å²) in [5, 5.41) is 1.04. The molecule has 1 atom stereocenters. The molecule has 0 aliphatic carbocycles. The molecule has 2 aromatic rings. The number of methoxy groups -OCH3 is 1. The molecule has 0 fully saturated rings. The van der Waals surface area contributed by atoms with Crippen molar-refractivity contribution in [3.63, 3.8) is 0 Å². The predicted molar refractivity (Wildman–Crippen MR) is 84.9 cm³/mol. The lowest BCUT2D eigenvalue weighted by molar-refractivity contribution is 0.0920. The molecule has 2 aromatic carbocycles. The molecule has 0 saturated heterocycles. The highest BCUT2D eigenvalue weighted by Gasteiger charge is 2.06. The number of hydrogen-bond donors (Lipinski definition) is 0. The fourth-order valence-corrected chi connectivity index (χ4v) is 2.22. The molecule has 0 bridgehead atoms. The van der Waals surface area contributed by atoms with E-state index in [2.05, 4.69) is 0 Å². The predicted octanol–water partition coefficient (Wildman–Crippen LogP) is 5.20. The lowest BCUT2D eigenvalue weighted by Gasteiger charge is -2.14. The second kappa shape index (κ2) is 7.55. The fourth-order valence-electron chi connectivity index (χ4n) is 1.77. The number of hydrogen-bond acceptors (Lipinski definition) is 3. The second-order valence-corrected chi connectivity index (χ2v) is 5.38. The molecule has 112 valence electrons. The quantitative estimate of drug-likeness (QED) is 0.730. The van der Waals surface area contributed by atoms with Crippen LogP contribution in [-0.4, -0.2) is 19.8 Å². The molecule has 0 saturated carbocycles. The molecule has 0 amide bonds. The Balaban J connectivity index is 2.02. The Morgan fingerprint density at radius 1 is 1.00 bits per heavy atom. The molecule has 0 aliphatic rings. The minimum Gasteiger partial charge on any atom is -0.488 e. The van der Waals surface area contributed by atoms with Gasteiger partial charge in [-0.1, -0.05) is 23.2 Å². The molecule has 5 heteroatoms. The highest BCUT2D eigenvalue weighted by Crippen LogP contribution is 2.32. The van der Waals surface area contributed by atoms with E-state index in [4.69, 9.17) is 37.4 Å². The van der Waals surface area contributed by atoms with Crippen LogP contribution in [0.25, 0.3) is 0 Å². The van der Waals surface area contributed by atoms with E-state index in [1.54, 1.807) is 25.3 Å². The van der Waals surface area contributed by atoms with Gasteiger partial charge in [-0.05, 0) is 49.4 Å². The smallest absolute Gasteiger partial charge is 0.146 e. The van der Waals surface area contributed by atoms with Crippen molar-refractivity contribution in [3.05, 3.63) is 52.5 Å². The van der Waals surface area contributed by atoms with Crippen LogP contribution in [0.2, 0.25) is 10.0 Å². The lowest BCUT2D eigenvalue weighted by Crippen LogP contribution is -2.17. The Hall–Kier alpha value is -1.42. The monoisotopic (exact) mass is 326 g/mol. The zero-order valence-corrected chi connectivity index (χ0v) is 13.3. The molecule has 0 N–H and O–H groups in total. The van der Waals surface area contributed by atoms with E-state index < -0.39 is 0 Å². The van der Waals surface area contributed by atoms with Crippen molar-refractivity contribution in [2.45, 2.75) is 13.0 Å². The summed E-state index contributed by atoms with van der Waals surface area (Å²) in [6.45, 7) is 2.49.